The van der Waals surface area contributed by atoms with Crippen LogP contribution in [-0.2, 0) is 11.3 Å². The van der Waals surface area contributed by atoms with Gasteiger partial charge in [0, 0.05) is 13.7 Å². The van der Waals surface area contributed by atoms with Crippen molar-refractivity contribution in [2.75, 3.05) is 13.7 Å². The van der Waals surface area contributed by atoms with Crippen molar-refractivity contribution in [2.24, 2.45) is 0 Å². The van der Waals surface area contributed by atoms with Crippen molar-refractivity contribution in [2.45, 2.75) is 38.5 Å². The molecule has 0 saturated carbocycles. The van der Waals surface area contributed by atoms with E-state index in [9.17, 15) is 9.59 Å². The SMILES string of the molecule is C[C@H](NC(=O)N(C)Cc1nc2ccccc2c(=O)[nH]1)[C@H]1CCCO1. The maximum Gasteiger partial charge on any atom is 0.317 e. The molecule has 2 aromatic rings. The van der Waals surface area contributed by atoms with Crippen LogP contribution in [0.2, 0.25) is 0 Å². The number of carbonyl (C=O) groups is 1. The molecule has 0 unspecified atom stereocenters. The van der Waals surface area contributed by atoms with E-state index >= 15 is 0 Å². The van der Waals surface area contributed by atoms with Crippen LogP contribution in [0.4, 0.5) is 4.79 Å². The lowest BCUT2D eigenvalue weighted by Gasteiger charge is -2.24. The van der Waals surface area contributed by atoms with Gasteiger partial charge in [0.15, 0.2) is 0 Å². The van der Waals surface area contributed by atoms with Crippen LogP contribution < -0.4 is 10.9 Å². The van der Waals surface area contributed by atoms with Crippen molar-refractivity contribution in [1.29, 1.82) is 0 Å². The fraction of sp³-hybridized carbons (Fsp3) is 0.471. The number of carbonyl (C=O) groups excluding carboxylic acids is 1. The van der Waals surface area contributed by atoms with E-state index in [0.29, 0.717) is 16.7 Å². The Balaban J connectivity index is 1.66. The fourth-order valence-corrected chi connectivity index (χ4v) is 2.90. The molecule has 1 aromatic carbocycles. The number of nitrogens with zero attached hydrogens (tertiary/aromatic N) is 2. The van der Waals surface area contributed by atoms with Crippen LogP contribution in [-0.4, -0.2) is 46.7 Å². The smallest absolute Gasteiger partial charge is 0.317 e. The van der Waals surface area contributed by atoms with Gasteiger partial charge in [0.25, 0.3) is 5.56 Å². The third kappa shape index (κ3) is 3.56. The molecule has 2 N–H and O–H groups in total. The molecule has 128 valence electrons. The molecule has 0 aliphatic carbocycles. The zero-order valence-corrected chi connectivity index (χ0v) is 13.9. The van der Waals surface area contributed by atoms with E-state index in [-0.39, 0.29) is 30.3 Å². The lowest BCUT2D eigenvalue weighted by molar-refractivity contribution is 0.0837. The van der Waals surface area contributed by atoms with Gasteiger partial charge in [-0.15, -0.1) is 0 Å². The van der Waals surface area contributed by atoms with Crippen molar-refractivity contribution < 1.29 is 9.53 Å². The first-order chi connectivity index (χ1) is 11.5. The van der Waals surface area contributed by atoms with Gasteiger partial charge in [-0.25, -0.2) is 9.78 Å². The molecule has 1 aliphatic heterocycles. The first kappa shape index (κ1) is 16.4. The second-order valence-corrected chi connectivity index (χ2v) is 6.18. The molecule has 7 heteroatoms. The van der Waals surface area contributed by atoms with Crippen LogP contribution in [0.3, 0.4) is 0 Å². The molecular formula is C17H22N4O3. The standard InChI is InChI=1S/C17H22N4O3/c1-11(14-8-5-9-24-14)18-17(23)21(2)10-15-19-13-7-4-3-6-12(13)16(22)20-15/h3-4,6-7,11,14H,5,8-10H2,1-2H3,(H,18,23)(H,19,20,22)/t11-,14+/m0/s1. The fourth-order valence-electron chi connectivity index (χ4n) is 2.90. The normalized spacial score (nSPS) is 18.5. The van der Waals surface area contributed by atoms with Gasteiger partial charge < -0.3 is 19.9 Å². The summed E-state index contributed by atoms with van der Waals surface area (Å²) in [5.41, 5.74) is 0.426. The van der Waals surface area contributed by atoms with Gasteiger partial charge in [-0.1, -0.05) is 12.1 Å². The van der Waals surface area contributed by atoms with Gasteiger partial charge in [-0.3, -0.25) is 4.79 Å². The number of para-hydroxylation sites is 1. The predicted octanol–water partition coefficient (Wildman–Crippen LogP) is 1.63. The number of urea groups is 1. The summed E-state index contributed by atoms with van der Waals surface area (Å²) >= 11 is 0. The number of amides is 2. The topological polar surface area (TPSA) is 87.3 Å². The molecule has 1 saturated heterocycles. The Morgan fingerprint density at radius 2 is 2.29 bits per heavy atom. The van der Waals surface area contributed by atoms with Crippen LogP contribution in [0, 0.1) is 0 Å². The maximum atomic E-state index is 12.3. The molecule has 2 atom stereocenters. The Morgan fingerprint density at radius 1 is 1.50 bits per heavy atom. The highest BCUT2D eigenvalue weighted by molar-refractivity contribution is 5.77. The van der Waals surface area contributed by atoms with Gasteiger partial charge >= 0.3 is 6.03 Å². The van der Waals surface area contributed by atoms with Gasteiger partial charge in [0.2, 0.25) is 0 Å². The Labute approximate surface area is 140 Å². The largest absolute Gasteiger partial charge is 0.376 e. The van der Waals surface area contributed by atoms with E-state index < -0.39 is 0 Å². The molecule has 1 aromatic heterocycles. The third-order valence-electron chi connectivity index (χ3n) is 4.27. The molecule has 1 fully saturated rings. The summed E-state index contributed by atoms with van der Waals surface area (Å²) in [6, 6.07) is 6.88. The van der Waals surface area contributed by atoms with E-state index in [1.165, 1.54) is 4.90 Å². The van der Waals surface area contributed by atoms with E-state index in [2.05, 4.69) is 15.3 Å². The van der Waals surface area contributed by atoms with Gasteiger partial charge in [0.05, 0.1) is 29.6 Å². The van der Waals surface area contributed by atoms with Crippen molar-refractivity contribution in [3.8, 4) is 0 Å². The molecule has 2 heterocycles. The number of hydrogen-bond acceptors (Lipinski definition) is 4. The zero-order chi connectivity index (χ0) is 17.1. The van der Waals surface area contributed by atoms with Crippen molar-refractivity contribution in [1.82, 2.24) is 20.2 Å². The Hall–Kier alpha value is -2.41. The maximum absolute atomic E-state index is 12.3. The molecule has 7 nitrogen and oxygen atoms in total. The second kappa shape index (κ2) is 7.00. The van der Waals surface area contributed by atoms with Gasteiger partial charge in [0.1, 0.15) is 5.82 Å². The summed E-state index contributed by atoms with van der Waals surface area (Å²) in [5.74, 6) is 0.459. The molecule has 24 heavy (non-hydrogen) atoms. The summed E-state index contributed by atoms with van der Waals surface area (Å²) < 4.78 is 5.58. The number of fused-ring (bicyclic) bond motifs is 1. The van der Waals surface area contributed by atoms with E-state index in [1.54, 1.807) is 25.2 Å². The summed E-state index contributed by atoms with van der Waals surface area (Å²) in [6.45, 7) is 2.92. The first-order valence-corrected chi connectivity index (χ1v) is 8.16. The quantitative estimate of drug-likeness (QED) is 0.892. The number of benzene rings is 1. The van der Waals surface area contributed by atoms with E-state index in [0.717, 1.165) is 19.4 Å². The number of aromatic amines is 1. The Bertz CT molecular complexity index is 783. The third-order valence-corrected chi connectivity index (χ3v) is 4.27. The number of rotatable bonds is 4. The number of nitrogens with one attached hydrogen (secondary N) is 2. The number of ether oxygens (including phenoxy) is 1. The number of aromatic nitrogens is 2. The lowest BCUT2D eigenvalue weighted by Crippen LogP contribution is -2.46. The minimum atomic E-state index is -0.214. The van der Waals surface area contributed by atoms with Gasteiger partial charge in [-0.05, 0) is 31.9 Å². The second-order valence-electron chi connectivity index (χ2n) is 6.18. The van der Waals surface area contributed by atoms with Crippen LogP contribution in [0.25, 0.3) is 10.9 Å². The monoisotopic (exact) mass is 330 g/mol. The van der Waals surface area contributed by atoms with Crippen LogP contribution in [0.5, 0.6) is 0 Å². The summed E-state index contributed by atoms with van der Waals surface area (Å²) in [4.78, 5) is 33.0. The number of H-pyrrole nitrogens is 1. The molecule has 0 bridgehead atoms. The van der Waals surface area contributed by atoms with E-state index in [1.807, 2.05) is 13.0 Å². The average Bonchev–Trinajstić information content (AvgIpc) is 3.09. The highest BCUT2D eigenvalue weighted by atomic mass is 16.5. The van der Waals surface area contributed by atoms with Crippen molar-refractivity contribution in [3.05, 3.63) is 40.4 Å². The van der Waals surface area contributed by atoms with Crippen molar-refractivity contribution in [3.63, 3.8) is 0 Å². The van der Waals surface area contributed by atoms with Crippen LogP contribution in [0.1, 0.15) is 25.6 Å². The number of hydrogen-bond donors (Lipinski definition) is 2. The summed E-state index contributed by atoms with van der Waals surface area (Å²) in [6.07, 6.45) is 2.06. The van der Waals surface area contributed by atoms with Crippen LogP contribution in [0.15, 0.2) is 29.1 Å². The van der Waals surface area contributed by atoms with Crippen LogP contribution >= 0.6 is 0 Å². The Kier molecular flexibility index (Phi) is 4.80. The lowest BCUT2D eigenvalue weighted by atomic mass is 10.1. The van der Waals surface area contributed by atoms with Gasteiger partial charge in [-0.2, -0.15) is 0 Å². The Morgan fingerprint density at radius 3 is 3.04 bits per heavy atom. The van der Waals surface area contributed by atoms with E-state index in [4.69, 9.17) is 4.74 Å². The average molecular weight is 330 g/mol. The molecule has 0 spiro atoms. The highest BCUT2D eigenvalue weighted by Gasteiger charge is 2.24. The predicted molar refractivity (Wildman–Crippen MR) is 90.8 cm³/mol. The first-order valence-electron chi connectivity index (χ1n) is 8.16. The molecule has 1 aliphatic rings. The zero-order valence-electron chi connectivity index (χ0n) is 13.9. The molecule has 2 amide bonds. The van der Waals surface area contributed by atoms with Crippen molar-refractivity contribution >= 4 is 16.9 Å². The minimum Gasteiger partial charge on any atom is -0.376 e. The molecular weight excluding hydrogens is 308 g/mol. The minimum absolute atomic E-state index is 0.0499. The molecule has 0 radical (unpaired) electrons. The summed E-state index contributed by atoms with van der Waals surface area (Å²) in [7, 11) is 1.67. The summed E-state index contributed by atoms with van der Waals surface area (Å²) in [5, 5.41) is 3.48. The highest BCUT2D eigenvalue weighted by Crippen LogP contribution is 2.15. The molecule has 3 rings (SSSR count).